The number of carbonyl (C=O) groups excluding carboxylic acids is 2. The number of hydrogen-bond acceptors (Lipinski definition) is 4. The van der Waals surface area contributed by atoms with Crippen LogP contribution in [0.2, 0.25) is 0 Å². The number of hydrogen-bond donors (Lipinski definition) is 1. The van der Waals surface area contributed by atoms with E-state index in [1.54, 1.807) is 25.2 Å². The van der Waals surface area contributed by atoms with Crippen LogP contribution >= 0.6 is 0 Å². The molecule has 0 fully saturated rings. The van der Waals surface area contributed by atoms with Gasteiger partial charge in [0.2, 0.25) is 5.91 Å². The molecule has 0 saturated carbocycles. The van der Waals surface area contributed by atoms with Crippen LogP contribution in [0.3, 0.4) is 0 Å². The minimum absolute atomic E-state index is 0.106. The first-order valence-electron chi connectivity index (χ1n) is 8.89. The number of aryl methyl sites for hydroxylation is 1. The highest BCUT2D eigenvalue weighted by atomic mass is 16.5. The third-order valence-electron chi connectivity index (χ3n) is 4.11. The van der Waals surface area contributed by atoms with Gasteiger partial charge in [-0.2, -0.15) is 0 Å². The van der Waals surface area contributed by atoms with Gasteiger partial charge in [-0.1, -0.05) is 36.4 Å². The van der Waals surface area contributed by atoms with E-state index in [1.165, 1.54) is 11.2 Å². The summed E-state index contributed by atoms with van der Waals surface area (Å²) in [6, 6.07) is 18.5. The molecule has 2 amide bonds. The highest BCUT2D eigenvalue weighted by Gasteiger charge is 2.18. The van der Waals surface area contributed by atoms with Crippen molar-refractivity contribution in [3.63, 3.8) is 0 Å². The van der Waals surface area contributed by atoms with Gasteiger partial charge in [-0.25, -0.2) is 0 Å². The number of benzene rings is 2. The number of anilines is 1. The summed E-state index contributed by atoms with van der Waals surface area (Å²) in [7, 11) is 1.55. The van der Waals surface area contributed by atoms with Crippen molar-refractivity contribution in [1.29, 1.82) is 0 Å². The second-order valence-corrected chi connectivity index (χ2v) is 6.46. The van der Waals surface area contributed by atoms with E-state index in [2.05, 4.69) is 5.32 Å². The summed E-state index contributed by atoms with van der Waals surface area (Å²) < 4.78 is 11.0. The van der Waals surface area contributed by atoms with Crippen LogP contribution in [0.4, 0.5) is 5.69 Å². The SMILES string of the molecule is Cc1ccc(NC(=O)CN(C)C(=O)c2ccco2)c(OCc2ccccc2)c1. The summed E-state index contributed by atoms with van der Waals surface area (Å²) in [5.74, 6) is 0.0927. The fourth-order valence-corrected chi connectivity index (χ4v) is 2.65. The normalized spacial score (nSPS) is 10.4. The van der Waals surface area contributed by atoms with E-state index in [0.29, 0.717) is 18.0 Å². The largest absolute Gasteiger partial charge is 0.487 e. The summed E-state index contributed by atoms with van der Waals surface area (Å²) in [4.78, 5) is 25.9. The first-order valence-corrected chi connectivity index (χ1v) is 8.89. The van der Waals surface area contributed by atoms with Gasteiger partial charge in [-0.15, -0.1) is 0 Å². The Morgan fingerprint density at radius 2 is 1.86 bits per heavy atom. The highest BCUT2D eigenvalue weighted by molar-refractivity contribution is 5.98. The quantitative estimate of drug-likeness (QED) is 0.677. The van der Waals surface area contributed by atoms with Gasteiger partial charge in [0.15, 0.2) is 5.76 Å². The topological polar surface area (TPSA) is 71.8 Å². The van der Waals surface area contributed by atoms with Crippen molar-refractivity contribution in [2.75, 3.05) is 18.9 Å². The molecule has 0 radical (unpaired) electrons. The number of nitrogens with zero attached hydrogens (tertiary/aromatic N) is 1. The van der Waals surface area contributed by atoms with Crippen LogP contribution in [0.15, 0.2) is 71.3 Å². The number of amides is 2. The van der Waals surface area contributed by atoms with Crippen LogP contribution in [0.5, 0.6) is 5.75 Å². The molecule has 6 heteroatoms. The lowest BCUT2D eigenvalue weighted by atomic mass is 10.2. The predicted octanol–water partition coefficient (Wildman–Crippen LogP) is 3.88. The van der Waals surface area contributed by atoms with Gasteiger partial charge < -0.3 is 19.4 Å². The molecule has 1 heterocycles. The number of nitrogens with one attached hydrogen (secondary N) is 1. The van der Waals surface area contributed by atoms with Crippen molar-refractivity contribution >= 4 is 17.5 Å². The van der Waals surface area contributed by atoms with E-state index in [0.717, 1.165) is 11.1 Å². The molecule has 3 aromatic rings. The summed E-state index contributed by atoms with van der Waals surface area (Å²) in [5, 5.41) is 2.82. The number of ether oxygens (including phenoxy) is 1. The molecular formula is C22H22N2O4. The minimum atomic E-state index is -0.357. The Labute approximate surface area is 163 Å². The van der Waals surface area contributed by atoms with Crippen molar-refractivity contribution in [3.8, 4) is 5.75 Å². The zero-order chi connectivity index (χ0) is 19.9. The standard InChI is InChI=1S/C22H22N2O4/c1-16-10-11-18(20(13-16)28-15-17-7-4-3-5-8-17)23-21(25)14-24(2)22(26)19-9-6-12-27-19/h3-13H,14-15H2,1-2H3,(H,23,25). The number of carbonyl (C=O) groups is 2. The molecule has 0 aliphatic rings. The van der Waals surface area contributed by atoms with Crippen LogP contribution < -0.4 is 10.1 Å². The molecule has 144 valence electrons. The number of furan rings is 1. The fraction of sp³-hybridized carbons (Fsp3) is 0.182. The van der Waals surface area contributed by atoms with Crippen molar-refractivity contribution in [1.82, 2.24) is 4.90 Å². The van der Waals surface area contributed by atoms with Gasteiger partial charge in [0.05, 0.1) is 18.5 Å². The Hall–Kier alpha value is -3.54. The first kappa shape index (κ1) is 19.2. The van der Waals surface area contributed by atoms with E-state index >= 15 is 0 Å². The second kappa shape index (κ2) is 8.90. The number of likely N-dealkylation sites (N-methyl/N-ethyl adjacent to an activating group) is 1. The van der Waals surface area contributed by atoms with E-state index in [-0.39, 0.29) is 24.1 Å². The number of rotatable bonds is 7. The van der Waals surface area contributed by atoms with Gasteiger partial charge in [0, 0.05) is 7.05 Å². The van der Waals surface area contributed by atoms with Gasteiger partial charge in [0.1, 0.15) is 12.4 Å². The Kier molecular flexibility index (Phi) is 6.11. The molecule has 0 atom stereocenters. The Morgan fingerprint density at radius 3 is 2.57 bits per heavy atom. The highest BCUT2D eigenvalue weighted by Crippen LogP contribution is 2.26. The fourth-order valence-electron chi connectivity index (χ4n) is 2.65. The molecule has 0 aliphatic carbocycles. The Bertz CT molecular complexity index is 936. The van der Waals surface area contributed by atoms with Crippen LogP contribution in [0.1, 0.15) is 21.7 Å². The Morgan fingerprint density at radius 1 is 1.07 bits per heavy atom. The lowest BCUT2D eigenvalue weighted by molar-refractivity contribution is -0.116. The average Bonchev–Trinajstić information content (AvgIpc) is 3.23. The Balaban J connectivity index is 1.64. The molecule has 6 nitrogen and oxygen atoms in total. The van der Waals surface area contributed by atoms with Crippen LogP contribution in [-0.2, 0) is 11.4 Å². The van der Waals surface area contributed by atoms with Gasteiger partial charge in [-0.3, -0.25) is 9.59 Å². The molecule has 0 aliphatic heterocycles. The molecule has 0 spiro atoms. The second-order valence-electron chi connectivity index (χ2n) is 6.46. The van der Waals surface area contributed by atoms with Gasteiger partial charge in [-0.05, 0) is 42.3 Å². The monoisotopic (exact) mass is 378 g/mol. The van der Waals surface area contributed by atoms with Crippen molar-refractivity contribution in [2.45, 2.75) is 13.5 Å². The van der Waals surface area contributed by atoms with E-state index < -0.39 is 0 Å². The molecule has 0 saturated heterocycles. The summed E-state index contributed by atoms with van der Waals surface area (Å²) in [6.07, 6.45) is 1.42. The first-order chi connectivity index (χ1) is 13.5. The maximum atomic E-state index is 12.4. The molecule has 3 rings (SSSR count). The molecule has 1 aromatic heterocycles. The van der Waals surface area contributed by atoms with Crippen molar-refractivity contribution < 1.29 is 18.7 Å². The van der Waals surface area contributed by atoms with Crippen molar-refractivity contribution in [2.24, 2.45) is 0 Å². The molecule has 1 N–H and O–H groups in total. The third kappa shape index (κ3) is 5.01. The summed E-state index contributed by atoms with van der Waals surface area (Å²) in [6.45, 7) is 2.24. The van der Waals surface area contributed by atoms with Crippen LogP contribution in [-0.4, -0.2) is 30.3 Å². The molecule has 0 bridgehead atoms. The van der Waals surface area contributed by atoms with Crippen molar-refractivity contribution in [3.05, 3.63) is 83.8 Å². The molecule has 0 unspecified atom stereocenters. The van der Waals surface area contributed by atoms with Crippen LogP contribution in [0, 0.1) is 6.92 Å². The minimum Gasteiger partial charge on any atom is -0.487 e. The average molecular weight is 378 g/mol. The maximum absolute atomic E-state index is 12.4. The molecular weight excluding hydrogens is 356 g/mol. The smallest absolute Gasteiger partial charge is 0.289 e. The van der Waals surface area contributed by atoms with E-state index in [4.69, 9.17) is 9.15 Å². The summed E-state index contributed by atoms with van der Waals surface area (Å²) in [5.41, 5.74) is 2.61. The lowest BCUT2D eigenvalue weighted by Gasteiger charge is -2.17. The third-order valence-corrected chi connectivity index (χ3v) is 4.11. The van der Waals surface area contributed by atoms with E-state index in [1.807, 2.05) is 49.4 Å². The van der Waals surface area contributed by atoms with Gasteiger partial charge in [0.25, 0.3) is 5.91 Å². The zero-order valence-corrected chi connectivity index (χ0v) is 15.8. The maximum Gasteiger partial charge on any atom is 0.289 e. The lowest BCUT2D eigenvalue weighted by Crippen LogP contribution is -2.34. The van der Waals surface area contributed by atoms with Crippen LogP contribution in [0.25, 0.3) is 0 Å². The summed E-state index contributed by atoms with van der Waals surface area (Å²) >= 11 is 0. The van der Waals surface area contributed by atoms with E-state index in [9.17, 15) is 9.59 Å². The van der Waals surface area contributed by atoms with Gasteiger partial charge >= 0.3 is 0 Å². The molecule has 28 heavy (non-hydrogen) atoms. The zero-order valence-electron chi connectivity index (χ0n) is 15.8. The predicted molar refractivity (Wildman–Crippen MR) is 106 cm³/mol. The molecule has 2 aromatic carbocycles.